The molecule has 11 heavy (non-hydrogen) atoms. The van der Waals surface area contributed by atoms with Crippen molar-refractivity contribution in [3.05, 3.63) is 0 Å². The van der Waals surface area contributed by atoms with Gasteiger partial charge in [-0.2, -0.15) is 0 Å². The van der Waals surface area contributed by atoms with Gasteiger partial charge in [0, 0.05) is 6.54 Å². The smallest absolute Gasteiger partial charge is 0.321 e. The number of sulfonamides is 1. The minimum atomic E-state index is -3.35. The van der Waals surface area contributed by atoms with E-state index in [0.717, 1.165) is 6.26 Å². The van der Waals surface area contributed by atoms with Crippen LogP contribution >= 0.6 is 0 Å². The van der Waals surface area contributed by atoms with Gasteiger partial charge in [-0.3, -0.25) is 4.79 Å². The highest BCUT2D eigenvalue weighted by molar-refractivity contribution is 7.88. The molecular formula is C4H10N2O4S. The van der Waals surface area contributed by atoms with E-state index >= 15 is 0 Å². The lowest BCUT2D eigenvalue weighted by atomic mass is 10.3. The molecule has 0 aliphatic rings. The van der Waals surface area contributed by atoms with Crippen molar-refractivity contribution in [2.75, 3.05) is 12.8 Å². The number of carboxylic acid groups (broad SMARTS) is 1. The van der Waals surface area contributed by atoms with Gasteiger partial charge in [-0.05, 0) is 0 Å². The molecule has 0 radical (unpaired) electrons. The molecule has 0 saturated heterocycles. The number of rotatable bonds is 4. The van der Waals surface area contributed by atoms with E-state index in [9.17, 15) is 13.2 Å². The van der Waals surface area contributed by atoms with Gasteiger partial charge in [-0.25, -0.2) is 13.1 Å². The zero-order valence-electron chi connectivity index (χ0n) is 5.94. The number of hydrogen-bond donors (Lipinski definition) is 3. The Kier molecular flexibility index (Phi) is 3.43. The summed E-state index contributed by atoms with van der Waals surface area (Å²) in [5.74, 6) is -1.24. The molecule has 0 saturated carbocycles. The highest BCUT2D eigenvalue weighted by atomic mass is 32.2. The third-order valence-electron chi connectivity index (χ3n) is 0.883. The van der Waals surface area contributed by atoms with Crippen LogP contribution in [0.1, 0.15) is 0 Å². The molecule has 0 aromatic heterocycles. The minimum Gasteiger partial charge on any atom is -0.480 e. The topological polar surface area (TPSA) is 109 Å². The van der Waals surface area contributed by atoms with Crippen LogP contribution in [-0.2, 0) is 14.8 Å². The Morgan fingerprint density at radius 3 is 2.45 bits per heavy atom. The molecule has 0 aromatic rings. The molecular weight excluding hydrogens is 172 g/mol. The predicted octanol–water partition coefficient (Wildman–Crippen LogP) is -2.05. The van der Waals surface area contributed by atoms with Crippen molar-refractivity contribution in [3.8, 4) is 0 Å². The molecule has 0 heterocycles. The Balaban J connectivity index is 3.82. The molecule has 0 rings (SSSR count). The molecule has 0 spiro atoms. The summed E-state index contributed by atoms with van der Waals surface area (Å²) in [5.41, 5.74) is 5.00. The number of nitrogens with two attached hydrogens (primary N) is 1. The van der Waals surface area contributed by atoms with E-state index < -0.39 is 22.0 Å². The van der Waals surface area contributed by atoms with E-state index in [0.29, 0.717) is 0 Å². The van der Waals surface area contributed by atoms with Gasteiger partial charge in [0.05, 0.1) is 6.26 Å². The Labute approximate surface area is 64.4 Å². The number of nitrogens with one attached hydrogen (secondary N) is 1. The highest BCUT2D eigenvalue weighted by Crippen LogP contribution is 1.78. The first-order valence-electron chi connectivity index (χ1n) is 2.76. The number of carbonyl (C=O) groups is 1. The maximum Gasteiger partial charge on any atom is 0.321 e. The summed E-state index contributed by atoms with van der Waals surface area (Å²) >= 11 is 0. The van der Waals surface area contributed by atoms with Crippen LogP contribution in [0.15, 0.2) is 0 Å². The van der Waals surface area contributed by atoms with Gasteiger partial charge in [0.15, 0.2) is 0 Å². The normalized spacial score (nSPS) is 14.4. The van der Waals surface area contributed by atoms with Crippen LogP contribution in [0, 0.1) is 0 Å². The fourth-order valence-corrected chi connectivity index (χ4v) is 0.811. The van der Waals surface area contributed by atoms with Crippen molar-refractivity contribution in [2.24, 2.45) is 5.73 Å². The second-order valence-electron chi connectivity index (χ2n) is 2.07. The first-order chi connectivity index (χ1) is 4.83. The number of carboxylic acids is 1. The molecule has 4 N–H and O–H groups in total. The molecule has 0 aliphatic heterocycles. The van der Waals surface area contributed by atoms with E-state index in [4.69, 9.17) is 10.8 Å². The van der Waals surface area contributed by atoms with Crippen LogP contribution in [0.5, 0.6) is 0 Å². The Morgan fingerprint density at radius 1 is 1.73 bits per heavy atom. The largest absolute Gasteiger partial charge is 0.480 e. The van der Waals surface area contributed by atoms with Crippen LogP contribution in [0.2, 0.25) is 0 Å². The van der Waals surface area contributed by atoms with E-state index in [1.807, 2.05) is 4.72 Å². The second-order valence-corrected chi connectivity index (χ2v) is 3.90. The predicted molar refractivity (Wildman–Crippen MR) is 38.5 cm³/mol. The number of hydrogen-bond acceptors (Lipinski definition) is 4. The standard InChI is InChI=1S/C4H10N2O4S/c1-11(9,10)6-2-3(5)4(7)8/h3,6H,2,5H2,1H3,(H,7,8). The average molecular weight is 182 g/mol. The molecule has 0 bridgehead atoms. The zero-order valence-corrected chi connectivity index (χ0v) is 6.76. The van der Waals surface area contributed by atoms with Crippen molar-refractivity contribution in [1.82, 2.24) is 4.72 Å². The molecule has 6 nitrogen and oxygen atoms in total. The summed E-state index contributed by atoms with van der Waals surface area (Å²) in [6, 6.07) is -1.19. The molecule has 0 aromatic carbocycles. The highest BCUT2D eigenvalue weighted by Gasteiger charge is 2.12. The maximum absolute atomic E-state index is 10.4. The van der Waals surface area contributed by atoms with Crippen LogP contribution in [0.4, 0.5) is 0 Å². The minimum absolute atomic E-state index is 0.284. The van der Waals surface area contributed by atoms with Gasteiger partial charge in [0.25, 0.3) is 0 Å². The molecule has 0 fully saturated rings. The molecule has 66 valence electrons. The van der Waals surface area contributed by atoms with E-state index in [2.05, 4.69) is 0 Å². The Morgan fingerprint density at radius 2 is 2.18 bits per heavy atom. The quantitative estimate of drug-likeness (QED) is 0.463. The fourth-order valence-electron chi connectivity index (χ4n) is 0.328. The summed E-state index contributed by atoms with van der Waals surface area (Å²) < 4.78 is 22.8. The number of aliphatic carboxylic acids is 1. The van der Waals surface area contributed by atoms with Crippen LogP contribution < -0.4 is 10.5 Å². The molecule has 0 aliphatic carbocycles. The molecule has 0 amide bonds. The van der Waals surface area contributed by atoms with Crippen LogP contribution in [0.3, 0.4) is 0 Å². The van der Waals surface area contributed by atoms with E-state index in [1.165, 1.54) is 0 Å². The van der Waals surface area contributed by atoms with Crippen molar-refractivity contribution in [2.45, 2.75) is 6.04 Å². The molecule has 7 heteroatoms. The van der Waals surface area contributed by atoms with Gasteiger partial charge in [-0.15, -0.1) is 0 Å². The summed E-state index contributed by atoms with van der Waals surface area (Å²) in [6.07, 6.45) is 0.932. The van der Waals surface area contributed by atoms with Gasteiger partial charge < -0.3 is 10.8 Å². The van der Waals surface area contributed by atoms with Crippen LogP contribution in [-0.4, -0.2) is 38.3 Å². The molecule has 1 atom stereocenters. The first-order valence-corrected chi connectivity index (χ1v) is 4.65. The first kappa shape index (κ1) is 10.3. The van der Waals surface area contributed by atoms with Crippen LogP contribution in [0.25, 0.3) is 0 Å². The summed E-state index contributed by atoms with van der Waals surface area (Å²) in [4.78, 5) is 10.1. The summed E-state index contributed by atoms with van der Waals surface area (Å²) in [7, 11) is -3.35. The van der Waals surface area contributed by atoms with Gasteiger partial charge in [0.2, 0.25) is 10.0 Å². The van der Waals surface area contributed by atoms with Crippen molar-refractivity contribution in [3.63, 3.8) is 0 Å². The maximum atomic E-state index is 10.4. The second kappa shape index (κ2) is 3.65. The Bertz CT molecular complexity index is 234. The van der Waals surface area contributed by atoms with Crippen molar-refractivity contribution < 1.29 is 18.3 Å². The third kappa shape index (κ3) is 5.77. The monoisotopic (exact) mass is 182 g/mol. The van der Waals surface area contributed by atoms with Gasteiger partial charge in [-0.1, -0.05) is 0 Å². The zero-order chi connectivity index (χ0) is 9.07. The van der Waals surface area contributed by atoms with Crippen molar-refractivity contribution in [1.29, 1.82) is 0 Å². The van der Waals surface area contributed by atoms with E-state index in [-0.39, 0.29) is 6.54 Å². The van der Waals surface area contributed by atoms with Gasteiger partial charge >= 0.3 is 5.97 Å². The lowest BCUT2D eigenvalue weighted by Crippen LogP contribution is -2.42. The van der Waals surface area contributed by atoms with Crippen molar-refractivity contribution >= 4 is 16.0 Å². The summed E-state index contributed by atoms with van der Waals surface area (Å²) in [6.45, 7) is -0.284. The molecule has 1 unspecified atom stereocenters. The SMILES string of the molecule is CS(=O)(=O)NCC(N)C(=O)O. The van der Waals surface area contributed by atoms with E-state index in [1.54, 1.807) is 0 Å². The fraction of sp³-hybridized carbons (Fsp3) is 0.750. The third-order valence-corrected chi connectivity index (χ3v) is 1.57. The Hall–Kier alpha value is -0.660. The average Bonchev–Trinajstić information content (AvgIpc) is 1.80. The summed E-state index contributed by atoms with van der Waals surface area (Å²) in [5, 5.41) is 8.22. The lowest BCUT2D eigenvalue weighted by molar-refractivity contribution is -0.138. The lowest BCUT2D eigenvalue weighted by Gasteiger charge is -2.05. The van der Waals surface area contributed by atoms with Gasteiger partial charge in [0.1, 0.15) is 6.04 Å².